The van der Waals surface area contributed by atoms with Gasteiger partial charge >= 0.3 is 18.2 Å². The van der Waals surface area contributed by atoms with Crippen LogP contribution in [0.3, 0.4) is 0 Å². The molecule has 2 aromatic carbocycles. The van der Waals surface area contributed by atoms with Gasteiger partial charge in [-0.1, -0.05) is 47.5 Å². The molecule has 0 saturated carbocycles. The summed E-state index contributed by atoms with van der Waals surface area (Å²) in [5.74, 6) is -0.164. The van der Waals surface area contributed by atoms with Crippen molar-refractivity contribution < 1.29 is 28.7 Å². The van der Waals surface area contributed by atoms with Crippen molar-refractivity contribution in [1.29, 1.82) is 0 Å². The van der Waals surface area contributed by atoms with Crippen LogP contribution < -0.4 is 5.32 Å². The lowest BCUT2D eigenvalue weighted by Crippen LogP contribution is -2.57. The highest BCUT2D eigenvalue weighted by molar-refractivity contribution is 5.91. The lowest BCUT2D eigenvalue weighted by Gasteiger charge is -2.43. The Balaban J connectivity index is 1.04. The van der Waals surface area contributed by atoms with Crippen LogP contribution in [0.2, 0.25) is 0 Å². The van der Waals surface area contributed by atoms with E-state index in [1.54, 1.807) is 9.80 Å². The number of benzene rings is 2. The third kappa shape index (κ3) is 9.36. The number of nitrogens with one attached hydrogen (secondary N) is 1. The standard InChI is InChI=1S/C40H56N6O6/c1-28-24-29(2)26-30(25-28)27-35(36(47)43-22-20-42(21-23-43)32-11-15-45(16-12-32)39(50)52-40(3,4)5)51-38(49)44-17-13-33(14-18-44)46-19-10-31-8-6-7-9-34(31)41-37(46)48/h6-9,24-26,32-33,35H,10-23,27H2,1-5H3,(H,41,48). The second-order valence-corrected chi connectivity index (χ2v) is 15.9. The van der Waals surface area contributed by atoms with Gasteiger partial charge in [0.25, 0.3) is 5.91 Å². The fourth-order valence-electron chi connectivity index (χ4n) is 8.13. The minimum absolute atomic E-state index is 0.0203. The van der Waals surface area contributed by atoms with Gasteiger partial charge in [0, 0.05) is 83.1 Å². The van der Waals surface area contributed by atoms with E-state index in [0.717, 1.165) is 60.3 Å². The molecule has 1 N–H and O–H groups in total. The van der Waals surface area contributed by atoms with Crippen molar-refractivity contribution in [3.05, 3.63) is 64.7 Å². The first-order valence-electron chi connectivity index (χ1n) is 19.0. The fraction of sp³-hybridized carbons (Fsp3) is 0.600. The number of ether oxygens (including phenoxy) is 2. The van der Waals surface area contributed by atoms with Gasteiger partial charge in [-0.15, -0.1) is 0 Å². The summed E-state index contributed by atoms with van der Waals surface area (Å²) in [6, 6.07) is 14.4. The van der Waals surface area contributed by atoms with Crippen LogP contribution in [0.5, 0.6) is 0 Å². The number of urea groups is 1. The lowest BCUT2D eigenvalue weighted by atomic mass is 10.0. The number of piperidine rings is 2. The van der Waals surface area contributed by atoms with Crippen LogP contribution in [0.4, 0.5) is 20.1 Å². The molecule has 3 saturated heterocycles. The van der Waals surface area contributed by atoms with Crippen LogP contribution in [0.1, 0.15) is 68.7 Å². The number of carbonyl (C=O) groups excluding carboxylic acids is 4. The molecule has 12 nitrogen and oxygen atoms in total. The number of amides is 5. The zero-order valence-corrected chi connectivity index (χ0v) is 31.6. The van der Waals surface area contributed by atoms with Crippen molar-refractivity contribution in [3.8, 4) is 0 Å². The lowest BCUT2D eigenvalue weighted by molar-refractivity contribution is -0.143. The van der Waals surface area contributed by atoms with Crippen molar-refractivity contribution in [2.45, 2.75) is 96.9 Å². The van der Waals surface area contributed by atoms with Gasteiger partial charge < -0.3 is 34.4 Å². The molecule has 4 aliphatic rings. The highest BCUT2D eigenvalue weighted by Crippen LogP contribution is 2.26. The topological polar surface area (TPSA) is 115 Å². The molecule has 52 heavy (non-hydrogen) atoms. The normalized spacial score (nSPS) is 20.1. The van der Waals surface area contributed by atoms with E-state index in [1.807, 2.05) is 68.7 Å². The van der Waals surface area contributed by atoms with Crippen molar-refractivity contribution in [2.75, 3.05) is 64.2 Å². The van der Waals surface area contributed by atoms with E-state index >= 15 is 0 Å². The summed E-state index contributed by atoms with van der Waals surface area (Å²) in [5.41, 5.74) is 4.63. The first-order valence-corrected chi connectivity index (χ1v) is 19.0. The number of piperazine rings is 1. The first-order chi connectivity index (χ1) is 24.8. The molecule has 12 heteroatoms. The van der Waals surface area contributed by atoms with Crippen LogP contribution >= 0.6 is 0 Å². The molecule has 6 rings (SSSR count). The predicted octanol–water partition coefficient (Wildman–Crippen LogP) is 5.45. The first kappa shape index (κ1) is 37.4. The summed E-state index contributed by atoms with van der Waals surface area (Å²) in [6.45, 7) is 15.1. The minimum atomic E-state index is -0.940. The van der Waals surface area contributed by atoms with Crippen LogP contribution in [-0.2, 0) is 27.1 Å². The number of aryl methyl sites for hydroxylation is 2. The maximum absolute atomic E-state index is 14.1. The van der Waals surface area contributed by atoms with Crippen molar-refractivity contribution in [1.82, 2.24) is 24.5 Å². The number of hydrogen-bond acceptors (Lipinski definition) is 7. The van der Waals surface area contributed by atoms with Gasteiger partial charge in [-0.3, -0.25) is 9.69 Å². The van der Waals surface area contributed by atoms with Gasteiger partial charge in [-0.25, -0.2) is 14.4 Å². The zero-order chi connectivity index (χ0) is 37.0. The number of nitrogens with zero attached hydrogens (tertiary/aromatic N) is 5. The summed E-state index contributed by atoms with van der Waals surface area (Å²) < 4.78 is 11.7. The molecule has 5 amide bonds. The van der Waals surface area contributed by atoms with E-state index in [9.17, 15) is 19.2 Å². The van der Waals surface area contributed by atoms with E-state index in [4.69, 9.17) is 9.47 Å². The maximum Gasteiger partial charge on any atom is 0.410 e. The number of hydrogen-bond donors (Lipinski definition) is 1. The molecule has 1 atom stereocenters. The number of carbonyl (C=O) groups is 4. The number of para-hydroxylation sites is 1. The second kappa shape index (κ2) is 16.1. The summed E-state index contributed by atoms with van der Waals surface area (Å²) in [7, 11) is 0. The summed E-state index contributed by atoms with van der Waals surface area (Å²) >= 11 is 0. The molecule has 3 fully saturated rings. The maximum atomic E-state index is 14.1. The molecule has 0 bridgehead atoms. The fourth-order valence-corrected chi connectivity index (χ4v) is 8.13. The summed E-state index contributed by atoms with van der Waals surface area (Å²) in [5, 5.41) is 3.06. The molecule has 0 spiro atoms. The molecule has 0 aromatic heterocycles. The highest BCUT2D eigenvalue weighted by atomic mass is 16.6. The highest BCUT2D eigenvalue weighted by Gasteiger charge is 2.37. The Morgan fingerprint density at radius 1 is 0.769 bits per heavy atom. The number of anilines is 1. The molecular weight excluding hydrogens is 660 g/mol. The Hall–Kier alpha value is -4.32. The molecule has 0 aliphatic carbocycles. The molecule has 4 heterocycles. The molecule has 282 valence electrons. The Bertz CT molecular complexity index is 1580. The van der Waals surface area contributed by atoms with E-state index in [0.29, 0.717) is 71.1 Å². The molecule has 2 aromatic rings. The largest absolute Gasteiger partial charge is 0.444 e. The summed E-state index contributed by atoms with van der Waals surface area (Å²) in [6.07, 6.45) is 2.43. The van der Waals surface area contributed by atoms with Gasteiger partial charge in [0.15, 0.2) is 6.10 Å². The van der Waals surface area contributed by atoms with E-state index < -0.39 is 17.8 Å². The Kier molecular flexibility index (Phi) is 11.6. The van der Waals surface area contributed by atoms with Gasteiger partial charge in [0.05, 0.1) is 0 Å². The molecule has 4 aliphatic heterocycles. The predicted molar refractivity (Wildman–Crippen MR) is 199 cm³/mol. The van der Waals surface area contributed by atoms with Crippen molar-refractivity contribution in [2.24, 2.45) is 0 Å². The monoisotopic (exact) mass is 716 g/mol. The van der Waals surface area contributed by atoms with E-state index in [-0.39, 0.29) is 24.1 Å². The summed E-state index contributed by atoms with van der Waals surface area (Å²) in [4.78, 5) is 63.1. The number of fused-ring (bicyclic) bond motifs is 1. The van der Waals surface area contributed by atoms with E-state index in [1.165, 1.54) is 0 Å². The Morgan fingerprint density at radius 2 is 1.37 bits per heavy atom. The van der Waals surface area contributed by atoms with Gasteiger partial charge in [0.2, 0.25) is 0 Å². The molecule has 1 unspecified atom stereocenters. The van der Waals surface area contributed by atoms with Gasteiger partial charge in [-0.2, -0.15) is 0 Å². The zero-order valence-electron chi connectivity index (χ0n) is 31.6. The second-order valence-electron chi connectivity index (χ2n) is 15.9. The number of rotatable bonds is 6. The third-order valence-electron chi connectivity index (χ3n) is 10.8. The van der Waals surface area contributed by atoms with Crippen LogP contribution in [0, 0.1) is 13.8 Å². The van der Waals surface area contributed by atoms with Crippen LogP contribution in [-0.4, -0.2) is 131 Å². The Labute approximate surface area is 308 Å². The van der Waals surface area contributed by atoms with Crippen LogP contribution in [0.15, 0.2) is 42.5 Å². The number of likely N-dealkylation sites (tertiary alicyclic amines) is 2. The quantitative estimate of drug-likeness (QED) is 0.423. The van der Waals surface area contributed by atoms with Gasteiger partial charge in [0.1, 0.15) is 5.60 Å². The molecular formula is C40H56N6O6. The smallest absolute Gasteiger partial charge is 0.410 e. The average Bonchev–Trinajstić information content (AvgIpc) is 3.28. The average molecular weight is 717 g/mol. The van der Waals surface area contributed by atoms with E-state index in [2.05, 4.69) is 28.4 Å². The van der Waals surface area contributed by atoms with Gasteiger partial charge in [-0.05, 0) is 83.9 Å². The van der Waals surface area contributed by atoms with Crippen molar-refractivity contribution in [3.63, 3.8) is 0 Å². The minimum Gasteiger partial charge on any atom is -0.444 e. The SMILES string of the molecule is Cc1cc(C)cc(CC(OC(=O)N2CCC(N3CCc4ccccc4NC3=O)CC2)C(=O)N2CCN(C3CCN(C(=O)OC(C)(C)C)CC3)CC2)c1. The third-order valence-corrected chi connectivity index (χ3v) is 10.8. The Morgan fingerprint density at radius 3 is 2.00 bits per heavy atom. The van der Waals surface area contributed by atoms with Crippen LogP contribution in [0.25, 0.3) is 0 Å². The molecule has 0 radical (unpaired) electrons. The van der Waals surface area contributed by atoms with Crippen molar-refractivity contribution >= 4 is 29.8 Å².